The highest BCUT2D eigenvalue weighted by atomic mass is 32.2. The van der Waals surface area contributed by atoms with Gasteiger partial charge in [-0.3, -0.25) is 0 Å². The molecule has 4 nitrogen and oxygen atoms in total. The lowest BCUT2D eigenvalue weighted by Gasteiger charge is -2.25. The Kier molecular flexibility index (Phi) is 4.32. The molecule has 1 aromatic carbocycles. The van der Waals surface area contributed by atoms with Gasteiger partial charge in [0.25, 0.3) is 0 Å². The van der Waals surface area contributed by atoms with Crippen molar-refractivity contribution in [3.05, 3.63) is 23.0 Å². The van der Waals surface area contributed by atoms with Crippen molar-refractivity contribution in [1.82, 2.24) is 4.31 Å². The van der Waals surface area contributed by atoms with E-state index in [1.54, 1.807) is 32.7 Å². The maximum Gasteiger partial charge on any atom is 0.243 e. The number of anilines is 1. The minimum absolute atomic E-state index is 0.00456. The molecule has 1 heterocycles. The topological polar surface area (TPSA) is 63.4 Å². The lowest BCUT2D eigenvalue weighted by Crippen LogP contribution is -2.37. The molecule has 1 atom stereocenters. The van der Waals surface area contributed by atoms with Crippen LogP contribution in [0.3, 0.4) is 0 Å². The summed E-state index contributed by atoms with van der Waals surface area (Å²) in [5.74, 6) is 1.19. The molecule has 1 aromatic rings. The van der Waals surface area contributed by atoms with Crippen molar-refractivity contribution in [1.29, 1.82) is 0 Å². The number of nitrogens with zero attached hydrogens (tertiary/aromatic N) is 1. The number of rotatable bonds is 3. The third-order valence-electron chi connectivity index (χ3n) is 3.76. The van der Waals surface area contributed by atoms with E-state index in [2.05, 4.69) is 0 Å². The molecule has 1 aliphatic heterocycles. The summed E-state index contributed by atoms with van der Waals surface area (Å²) in [5, 5.41) is 0. The second-order valence-electron chi connectivity index (χ2n) is 5.08. The largest absolute Gasteiger partial charge is 0.396 e. The van der Waals surface area contributed by atoms with E-state index in [1.165, 1.54) is 10.4 Å². The molecule has 112 valence electrons. The molecule has 7 heteroatoms. The zero-order valence-electron chi connectivity index (χ0n) is 11.8. The van der Waals surface area contributed by atoms with Crippen LogP contribution in [0.2, 0.25) is 0 Å². The number of thioether (sulfide) groups is 1. The van der Waals surface area contributed by atoms with Crippen LogP contribution in [0.5, 0.6) is 0 Å². The molecular weight excluding hydrogens is 299 g/mol. The van der Waals surface area contributed by atoms with Gasteiger partial charge in [0.05, 0.1) is 10.6 Å². The van der Waals surface area contributed by atoms with E-state index < -0.39 is 15.8 Å². The number of halogens is 1. The van der Waals surface area contributed by atoms with Crippen LogP contribution in [0.1, 0.15) is 17.5 Å². The summed E-state index contributed by atoms with van der Waals surface area (Å²) in [4.78, 5) is 0.135. The molecule has 1 unspecified atom stereocenters. The molecule has 0 saturated carbocycles. The molecule has 0 bridgehead atoms. The van der Waals surface area contributed by atoms with Gasteiger partial charge in [-0.25, -0.2) is 12.8 Å². The molecule has 1 fully saturated rings. The molecular formula is C13H19FN2O2S2. The Morgan fingerprint density at radius 3 is 2.65 bits per heavy atom. The third kappa shape index (κ3) is 2.54. The molecule has 0 amide bonds. The number of sulfonamides is 1. The van der Waals surface area contributed by atoms with Crippen LogP contribution in [-0.2, 0) is 10.0 Å². The van der Waals surface area contributed by atoms with Crippen LogP contribution in [-0.4, -0.2) is 37.3 Å². The Bertz CT molecular complexity index is 626. The van der Waals surface area contributed by atoms with Crippen LogP contribution in [0.4, 0.5) is 10.1 Å². The highest BCUT2D eigenvalue weighted by Gasteiger charge is 2.33. The van der Waals surface area contributed by atoms with Crippen LogP contribution in [0.25, 0.3) is 0 Å². The lowest BCUT2D eigenvalue weighted by molar-refractivity contribution is 0.394. The second-order valence-corrected chi connectivity index (χ2v) is 8.17. The summed E-state index contributed by atoms with van der Waals surface area (Å²) in [6.07, 6.45) is 0.842. The first-order valence-electron chi connectivity index (χ1n) is 6.37. The van der Waals surface area contributed by atoms with E-state index in [1.807, 2.05) is 0 Å². The van der Waals surface area contributed by atoms with Crippen molar-refractivity contribution in [3.8, 4) is 0 Å². The Hall–Kier alpha value is -0.790. The van der Waals surface area contributed by atoms with Gasteiger partial charge in [0.15, 0.2) is 0 Å². The monoisotopic (exact) mass is 318 g/mol. The standard InChI is InChI=1S/C13H19FN2O2S2/c1-8-6-11(14)12(15)9(2)13(8)20(17,18)16(3)10-4-5-19-7-10/h6,10H,4-5,7,15H2,1-3H3. The Morgan fingerprint density at radius 2 is 2.10 bits per heavy atom. The van der Waals surface area contributed by atoms with Crippen molar-refractivity contribution in [3.63, 3.8) is 0 Å². The van der Waals surface area contributed by atoms with Gasteiger partial charge in [0.2, 0.25) is 10.0 Å². The van der Waals surface area contributed by atoms with E-state index in [0.29, 0.717) is 11.1 Å². The van der Waals surface area contributed by atoms with E-state index in [0.717, 1.165) is 17.9 Å². The number of nitrogens with two attached hydrogens (primary N) is 1. The van der Waals surface area contributed by atoms with Gasteiger partial charge >= 0.3 is 0 Å². The smallest absolute Gasteiger partial charge is 0.243 e. The van der Waals surface area contributed by atoms with Crippen molar-refractivity contribution in [2.24, 2.45) is 0 Å². The van der Waals surface area contributed by atoms with Crippen molar-refractivity contribution in [2.75, 3.05) is 24.3 Å². The predicted molar refractivity (Wildman–Crippen MR) is 81.0 cm³/mol. The molecule has 0 radical (unpaired) electrons. The molecule has 0 aromatic heterocycles. The summed E-state index contributed by atoms with van der Waals surface area (Å²) in [7, 11) is -2.06. The second kappa shape index (κ2) is 5.54. The Balaban J connectivity index is 2.52. The number of benzene rings is 1. The van der Waals surface area contributed by atoms with Gasteiger partial charge in [-0.05, 0) is 43.2 Å². The van der Waals surface area contributed by atoms with Crippen molar-refractivity contribution >= 4 is 27.5 Å². The minimum atomic E-state index is -3.65. The first-order valence-corrected chi connectivity index (χ1v) is 8.97. The van der Waals surface area contributed by atoms with E-state index in [4.69, 9.17) is 5.73 Å². The molecule has 1 saturated heterocycles. The zero-order chi connectivity index (χ0) is 15.1. The van der Waals surface area contributed by atoms with Gasteiger partial charge in [-0.15, -0.1) is 0 Å². The van der Waals surface area contributed by atoms with Gasteiger partial charge in [0, 0.05) is 18.8 Å². The lowest BCUT2D eigenvalue weighted by atomic mass is 10.1. The molecule has 20 heavy (non-hydrogen) atoms. The van der Waals surface area contributed by atoms with E-state index >= 15 is 0 Å². The fourth-order valence-electron chi connectivity index (χ4n) is 2.48. The van der Waals surface area contributed by atoms with Gasteiger partial charge in [-0.1, -0.05) is 0 Å². The van der Waals surface area contributed by atoms with Crippen LogP contribution >= 0.6 is 11.8 Å². The quantitative estimate of drug-likeness (QED) is 0.868. The van der Waals surface area contributed by atoms with E-state index in [-0.39, 0.29) is 16.6 Å². The summed E-state index contributed by atoms with van der Waals surface area (Å²) in [5.41, 5.74) is 6.23. The van der Waals surface area contributed by atoms with Gasteiger partial charge in [-0.2, -0.15) is 16.1 Å². The predicted octanol–water partition coefficient (Wildman–Crippen LogP) is 2.15. The molecule has 2 N–H and O–H groups in total. The average molecular weight is 318 g/mol. The third-order valence-corrected chi connectivity index (χ3v) is 7.11. The fourth-order valence-corrected chi connectivity index (χ4v) is 5.66. The van der Waals surface area contributed by atoms with Crippen LogP contribution < -0.4 is 5.73 Å². The summed E-state index contributed by atoms with van der Waals surface area (Å²) in [6.45, 7) is 3.15. The Labute approximate surface area is 123 Å². The number of nitrogen functional groups attached to an aromatic ring is 1. The highest BCUT2D eigenvalue weighted by molar-refractivity contribution is 7.99. The maximum absolute atomic E-state index is 13.6. The molecule has 2 rings (SSSR count). The number of aryl methyl sites for hydroxylation is 1. The molecule has 0 spiro atoms. The van der Waals surface area contributed by atoms with Crippen molar-refractivity contribution < 1.29 is 12.8 Å². The number of hydrogen-bond donors (Lipinski definition) is 1. The number of hydrogen-bond acceptors (Lipinski definition) is 4. The normalized spacial score (nSPS) is 19.8. The summed E-state index contributed by atoms with van der Waals surface area (Å²) in [6, 6.07) is 1.18. The fraction of sp³-hybridized carbons (Fsp3) is 0.538. The zero-order valence-corrected chi connectivity index (χ0v) is 13.4. The highest BCUT2D eigenvalue weighted by Crippen LogP contribution is 2.32. The molecule has 0 aliphatic carbocycles. The van der Waals surface area contributed by atoms with Gasteiger partial charge < -0.3 is 5.73 Å². The van der Waals surface area contributed by atoms with Crippen LogP contribution in [0.15, 0.2) is 11.0 Å². The summed E-state index contributed by atoms with van der Waals surface area (Å²) < 4.78 is 40.5. The van der Waals surface area contributed by atoms with E-state index in [9.17, 15) is 12.8 Å². The van der Waals surface area contributed by atoms with Crippen molar-refractivity contribution in [2.45, 2.75) is 31.2 Å². The Morgan fingerprint density at radius 1 is 1.45 bits per heavy atom. The summed E-state index contributed by atoms with van der Waals surface area (Å²) >= 11 is 1.75. The molecule has 1 aliphatic rings. The first kappa shape index (κ1) is 15.6. The van der Waals surface area contributed by atoms with Gasteiger partial charge in [0.1, 0.15) is 5.82 Å². The van der Waals surface area contributed by atoms with Crippen LogP contribution in [0, 0.1) is 19.7 Å². The minimum Gasteiger partial charge on any atom is -0.396 e. The first-order chi connectivity index (χ1) is 9.26. The SMILES string of the molecule is Cc1cc(F)c(N)c(C)c1S(=O)(=O)N(C)C1CCSC1. The average Bonchev–Trinajstić information content (AvgIpc) is 2.88. The maximum atomic E-state index is 13.6.